The van der Waals surface area contributed by atoms with Crippen molar-refractivity contribution in [2.45, 2.75) is 6.54 Å². The molecule has 0 fully saturated rings. The molecule has 3 aromatic rings. The van der Waals surface area contributed by atoms with Gasteiger partial charge in [-0.2, -0.15) is 0 Å². The highest BCUT2D eigenvalue weighted by molar-refractivity contribution is 6.30. The van der Waals surface area contributed by atoms with Crippen LogP contribution in [0.4, 0.5) is 17.3 Å². The highest BCUT2D eigenvalue weighted by Crippen LogP contribution is 2.22. The summed E-state index contributed by atoms with van der Waals surface area (Å²) in [7, 11) is 5.78. The van der Waals surface area contributed by atoms with E-state index in [9.17, 15) is 0 Å². The summed E-state index contributed by atoms with van der Waals surface area (Å²) in [5.41, 5.74) is 3.12. The summed E-state index contributed by atoms with van der Waals surface area (Å²) in [6.45, 7) is 0.808. The number of aryl methyl sites for hydroxylation is 2. The van der Waals surface area contributed by atoms with Crippen LogP contribution in [0.2, 0.25) is 5.02 Å². The van der Waals surface area contributed by atoms with Gasteiger partial charge in [-0.15, -0.1) is 4.68 Å². The Labute approximate surface area is 152 Å². The van der Waals surface area contributed by atoms with Gasteiger partial charge >= 0.3 is 5.95 Å². The van der Waals surface area contributed by atoms with Crippen molar-refractivity contribution < 1.29 is 4.57 Å². The smallest absolute Gasteiger partial charge is 0.370 e. The number of hydrogen-bond acceptors (Lipinski definition) is 4. The Morgan fingerprint density at radius 3 is 2.36 bits per heavy atom. The van der Waals surface area contributed by atoms with Crippen LogP contribution in [0.1, 0.15) is 5.56 Å². The number of hydrogen-bond donors (Lipinski definition) is 0. The van der Waals surface area contributed by atoms with Gasteiger partial charge in [-0.3, -0.25) is 0 Å². The molecule has 128 valence electrons. The van der Waals surface area contributed by atoms with Gasteiger partial charge in [0.15, 0.2) is 0 Å². The van der Waals surface area contributed by atoms with E-state index in [4.69, 9.17) is 11.6 Å². The second-order valence-corrected chi connectivity index (χ2v) is 6.30. The molecule has 25 heavy (non-hydrogen) atoms. The number of rotatable bonds is 5. The fourth-order valence-electron chi connectivity index (χ4n) is 2.45. The van der Waals surface area contributed by atoms with E-state index in [1.54, 1.807) is 11.0 Å². The average molecular weight is 356 g/mol. The maximum absolute atomic E-state index is 5.93. The van der Waals surface area contributed by atoms with Crippen molar-refractivity contribution in [3.05, 3.63) is 65.4 Å². The summed E-state index contributed by atoms with van der Waals surface area (Å²) in [5.74, 6) is 0.684. The van der Waals surface area contributed by atoms with Gasteiger partial charge in [0.1, 0.15) is 0 Å². The minimum Gasteiger partial charge on any atom is -0.370 e. The number of anilines is 1. The SMILES string of the molecule is CN(Cc1ccc(Cl)cc1)c1ccc(N=Nc2n(C)nc[n+]2C)cc1. The Balaban J connectivity index is 1.68. The lowest BCUT2D eigenvalue weighted by molar-refractivity contribution is -0.659. The molecule has 0 amide bonds. The van der Waals surface area contributed by atoms with E-state index in [1.165, 1.54) is 5.56 Å². The summed E-state index contributed by atoms with van der Waals surface area (Å²) in [5, 5.41) is 13.4. The lowest BCUT2D eigenvalue weighted by atomic mass is 10.2. The van der Waals surface area contributed by atoms with Crippen LogP contribution in [-0.2, 0) is 20.6 Å². The quantitative estimate of drug-likeness (QED) is 0.514. The molecule has 7 heteroatoms. The Morgan fingerprint density at radius 2 is 1.76 bits per heavy atom. The molecule has 0 aliphatic carbocycles. The van der Waals surface area contributed by atoms with Crippen LogP contribution in [0.5, 0.6) is 0 Å². The average Bonchev–Trinajstić information content (AvgIpc) is 2.93. The first-order chi connectivity index (χ1) is 12.0. The maximum Gasteiger partial charge on any atom is 0.403 e. The van der Waals surface area contributed by atoms with E-state index >= 15 is 0 Å². The number of nitrogens with zero attached hydrogens (tertiary/aromatic N) is 6. The number of benzene rings is 2. The lowest BCUT2D eigenvalue weighted by Gasteiger charge is -2.19. The van der Waals surface area contributed by atoms with Crippen LogP contribution in [0.25, 0.3) is 0 Å². The normalized spacial score (nSPS) is 11.2. The Morgan fingerprint density at radius 1 is 1.08 bits per heavy atom. The minimum atomic E-state index is 0.684. The zero-order valence-electron chi connectivity index (χ0n) is 14.5. The molecule has 0 unspecified atom stereocenters. The fourth-order valence-corrected chi connectivity index (χ4v) is 2.58. The van der Waals surface area contributed by atoms with Crippen molar-refractivity contribution in [3.63, 3.8) is 0 Å². The van der Waals surface area contributed by atoms with Crippen LogP contribution in [0, 0.1) is 0 Å². The first-order valence-electron chi connectivity index (χ1n) is 7.88. The minimum absolute atomic E-state index is 0.684. The molecule has 0 aliphatic heterocycles. The van der Waals surface area contributed by atoms with Crippen LogP contribution in [0.3, 0.4) is 0 Å². The Bertz CT molecular complexity index is 848. The van der Waals surface area contributed by atoms with Gasteiger partial charge < -0.3 is 4.90 Å². The van der Waals surface area contributed by atoms with Crippen LogP contribution < -0.4 is 9.47 Å². The molecule has 3 rings (SSSR count). The molecule has 1 aromatic heterocycles. The molecule has 0 spiro atoms. The highest BCUT2D eigenvalue weighted by atomic mass is 35.5. The third-order valence-electron chi connectivity index (χ3n) is 3.88. The number of azo groups is 1. The molecular weight excluding hydrogens is 336 g/mol. The van der Waals surface area contributed by atoms with E-state index in [0.29, 0.717) is 5.95 Å². The second kappa shape index (κ2) is 7.44. The van der Waals surface area contributed by atoms with Crippen molar-refractivity contribution >= 4 is 28.9 Å². The molecule has 6 nitrogen and oxygen atoms in total. The predicted molar refractivity (Wildman–Crippen MR) is 98.6 cm³/mol. The summed E-state index contributed by atoms with van der Waals surface area (Å²) in [6, 6.07) is 15.9. The van der Waals surface area contributed by atoms with Gasteiger partial charge in [-0.05, 0) is 47.1 Å². The van der Waals surface area contributed by atoms with Crippen molar-refractivity contribution in [3.8, 4) is 0 Å². The second-order valence-electron chi connectivity index (χ2n) is 5.86. The van der Waals surface area contributed by atoms with E-state index in [0.717, 1.165) is 22.9 Å². The number of aromatic nitrogens is 3. The van der Waals surface area contributed by atoms with Gasteiger partial charge in [0.2, 0.25) is 6.33 Å². The molecule has 0 saturated heterocycles. The molecule has 0 aliphatic rings. The summed E-state index contributed by atoms with van der Waals surface area (Å²) in [4.78, 5) is 2.17. The predicted octanol–water partition coefficient (Wildman–Crippen LogP) is 3.95. The van der Waals surface area contributed by atoms with Gasteiger partial charge in [-0.25, -0.2) is 4.57 Å². The van der Waals surface area contributed by atoms with E-state index in [2.05, 4.69) is 27.3 Å². The molecule has 0 saturated carbocycles. The highest BCUT2D eigenvalue weighted by Gasteiger charge is 2.11. The maximum atomic E-state index is 5.93. The fraction of sp³-hybridized carbons (Fsp3) is 0.222. The Kier molecular flexibility index (Phi) is 5.09. The van der Waals surface area contributed by atoms with Gasteiger partial charge in [0.05, 0.1) is 19.8 Å². The molecule has 2 aromatic carbocycles. The molecule has 1 heterocycles. The summed E-state index contributed by atoms with van der Waals surface area (Å²) in [6.07, 6.45) is 1.70. The topological polar surface area (TPSA) is 49.7 Å². The van der Waals surface area contributed by atoms with Crippen molar-refractivity contribution in [1.82, 2.24) is 9.78 Å². The van der Waals surface area contributed by atoms with Gasteiger partial charge in [0.25, 0.3) is 0 Å². The van der Waals surface area contributed by atoms with Crippen molar-refractivity contribution in [1.29, 1.82) is 0 Å². The standard InChI is InChI=1S/C18H20ClN6/c1-23(12-14-4-6-15(19)7-5-14)17-10-8-16(9-11-17)21-22-18-24(2)13-20-25(18)3/h4-11,13H,12H2,1-3H3/q+1. The van der Waals surface area contributed by atoms with Crippen LogP contribution >= 0.6 is 11.6 Å². The number of halogens is 1. The van der Waals surface area contributed by atoms with E-state index < -0.39 is 0 Å². The van der Waals surface area contributed by atoms with E-state index in [1.807, 2.05) is 67.2 Å². The first kappa shape index (κ1) is 17.1. The van der Waals surface area contributed by atoms with Crippen molar-refractivity contribution in [2.75, 3.05) is 11.9 Å². The molecule has 0 radical (unpaired) electrons. The molecule has 0 N–H and O–H groups in total. The largest absolute Gasteiger partial charge is 0.403 e. The molecule has 0 atom stereocenters. The first-order valence-corrected chi connectivity index (χ1v) is 8.26. The monoisotopic (exact) mass is 355 g/mol. The summed E-state index contributed by atoms with van der Waals surface area (Å²) >= 11 is 5.93. The Hall–Kier alpha value is -2.73. The van der Waals surface area contributed by atoms with Crippen LogP contribution in [-0.4, -0.2) is 16.8 Å². The van der Waals surface area contributed by atoms with Crippen LogP contribution in [0.15, 0.2) is 65.1 Å². The van der Waals surface area contributed by atoms with E-state index in [-0.39, 0.29) is 0 Å². The van der Waals surface area contributed by atoms with Gasteiger partial charge in [0, 0.05) is 29.4 Å². The summed E-state index contributed by atoms with van der Waals surface area (Å²) < 4.78 is 3.50. The lowest BCUT2D eigenvalue weighted by Crippen LogP contribution is -2.25. The van der Waals surface area contributed by atoms with Gasteiger partial charge in [-0.1, -0.05) is 28.8 Å². The molecular formula is C18H20ClN6+. The third-order valence-corrected chi connectivity index (χ3v) is 4.13. The third kappa shape index (κ3) is 4.22. The zero-order valence-corrected chi connectivity index (χ0v) is 15.2. The zero-order chi connectivity index (χ0) is 17.8. The molecule has 0 bridgehead atoms. The van der Waals surface area contributed by atoms with Crippen molar-refractivity contribution in [2.24, 2.45) is 24.3 Å².